The summed E-state index contributed by atoms with van der Waals surface area (Å²) in [4.78, 5) is 62.2. The van der Waals surface area contributed by atoms with Crippen LogP contribution in [0.1, 0.15) is 51.5 Å². The van der Waals surface area contributed by atoms with Gasteiger partial charge in [0.05, 0.1) is 6.04 Å². The zero-order valence-electron chi connectivity index (χ0n) is 21.2. The Hall–Kier alpha value is -3.67. The van der Waals surface area contributed by atoms with Gasteiger partial charge >= 0.3 is 5.97 Å². The topological polar surface area (TPSA) is 200 Å². The summed E-state index contributed by atoms with van der Waals surface area (Å²) in [6, 6.07) is 2.03. The fraction of sp³-hybridized carbons (Fsp3) is 0.560. The molecule has 4 amide bonds. The van der Waals surface area contributed by atoms with Crippen LogP contribution >= 0.6 is 0 Å². The van der Waals surface area contributed by atoms with Crippen molar-refractivity contribution >= 4 is 29.6 Å². The van der Waals surface area contributed by atoms with Crippen molar-refractivity contribution in [3.8, 4) is 5.75 Å². The normalized spacial score (nSPS) is 18.2. The van der Waals surface area contributed by atoms with Gasteiger partial charge < -0.3 is 37.2 Å². The molecule has 0 spiro atoms. The molecule has 0 aliphatic carbocycles. The molecule has 1 saturated heterocycles. The lowest BCUT2D eigenvalue weighted by molar-refractivity contribution is -0.143. The van der Waals surface area contributed by atoms with Crippen molar-refractivity contribution < 1.29 is 34.2 Å². The maximum absolute atomic E-state index is 13.2. The highest BCUT2D eigenvalue weighted by atomic mass is 16.4. The van der Waals surface area contributed by atoms with Crippen molar-refractivity contribution in [2.24, 2.45) is 11.7 Å². The first kappa shape index (κ1) is 29.6. The zero-order chi connectivity index (χ0) is 27.5. The quantitative estimate of drug-likeness (QED) is 0.171. The number of hydrogen-bond acceptors (Lipinski definition) is 7. The minimum Gasteiger partial charge on any atom is -0.508 e. The second kappa shape index (κ2) is 14.2. The third kappa shape index (κ3) is 9.37. The van der Waals surface area contributed by atoms with Crippen molar-refractivity contribution in [2.75, 3.05) is 6.54 Å². The Morgan fingerprint density at radius 2 is 1.70 bits per heavy atom. The van der Waals surface area contributed by atoms with Crippen LogP contribution in [-0.4, -0.2) is 70.5 Å². The van der Waals surface area contributed by atoms with Gasteiger partial charge in [-0.3, -0.25) is 19.2 Å². The van der Waals surface area contributed by atoms with Crippen LogP contribution in [0.15, 0.2) is 24.3 Å². The lowest BCUT2D eigenvalue weighted by Gasteiger charge is -2.26. The molecule has 0 saturated carbocycles. The molecule has 2 rings (SSSR count). The number of phenolic OH excluding ortho intramolecular Hbond substituents is 1. The number of rotatable bonds is 14. The first-order valence-electron chi connectivity index (χ1n) is 12.4. The summed E-state index contributed by atoms with van der Waals surface area (Å²) in [6.45, 7) is 4.17. The van der Waals surface area contributed by atoms with Gasteiger partial charge in [-0.2, -0.15) is 0 Å². The number of carboxylic acid groups (broad SMARTS) is 1. The smallest absolute Gasteiger partial charge is 0.326 e. The predicted octanol–water partition coefficient (Wildman–Crippen LogP) is -0.463. The molecular formula is C25H37N5O7. The van der Waals surface area contributed by atoms with Crippen LogP contribution in [0, 0.1) is 5.92 Å². The summed E-state index contributed by atoms with van der Waals surface area (Å²) < 4.78 is 0. The largest absolute Gasteiger partial charge is 0.508 e. The highest BCUT2D eigenvalue weighted by molar-refractivity contribution is 5.94. The molecule has 204 valence electrons. The van der Waals surface area contributed by atoms with Gasteiger partial charge in [0.2, 0.25) is 23.6 Å². The minimum absolute atomic E-state index is 0.00857. The molecular weight excluding hydrogens is 482 g/mol. The first-order chi connectivity index (χ1) is 17.5. The highest BCUT2D eigenvalue weighted by Crippen LogP contribution is 2.14. The summed E-state index contributed by atoms with van der Waals surface area (Å²) in [5, 5.41) is 29.9. The van der Waals surface area contributed by atoms with E-state index in [1.807, 2.05) is 0 Å². The number of carboxylic acids is 1. The minimum atomic E-state index is -1.20. The number of nitrogens with one attached hydrogen (secondary N) is 4. The molecule has 1 aromatic rings. The fourth-order valence-corrected chi connectivity index (χ4v) is 4.02. The highest BCUT2D eigenvalue weighted by Gasteiger charge is 2.33. The van der Waals surface area contributed by atoms with E-state index in [2.05, 4.69) is 21.3 Å². The van der Waals surface area contributed by atoms with Crippen molar-refractivity contribution in [3.05, 3.63) is 29.8 Å². The fourth-order valence-electron chi connectivity index (χ4n) is 4.02. The van der Waals surface area contributed by atoms with E-state index < -0.39 is 53.8 Å². The van der Waals surface area contributed by atoms with Crippen LogP contribution in [0.25, 0.3) is 0 Å². The van der Waals surface area contributed by atoms with E-state index in [0.29, 0.717) is 24.9 Å². The van der Waals surface area contributed by atoms with Gasteiger partial charge in [0, 0.05) is 12.8 Å². The number of benzene rings is 1. The second-order valence-corrected chi connectivity index (χ2v) is 9.36. The van der Waals surface area contributed by atoms with Gasteiger partial charge in [-0.15, -0.1) is 0 Å². The molecule has 0 radical (unpaired) electrons. The van der Waals surface area contributed by atoms with Gasteiger partial charge in [-0.05, 0) is 49.4 Å². The molecule has 1 aliphatic rings. The number of hydrogen-bond donors (Lipinski definition) is 7. The molecule has 1 aromatic carbocycles. The van der Waals surface area contributed by atoms with Gasteiger partial charge in [-0.25, -0.2) is 4.79 Å². The Morgan fingerprint density at radius 1 is 1.05 bits per heavy atom. The molecule has 37 heavy (non-hydrogen) atoms. The van der Waals surface area contributed by atoms with Crippen LogP contribution in [0.2, 0.25) is 0 Å². The zero-order valence-corrected chi connectivity index (χ0v) is 21.2. The Kier molecular flexibility index (Phi) is 11.3. The van der Waals surface area contributed by atoms with Crippen LogP contribution in [0.5, 0.6) is 5.75 Å². The van der Waals surface area contributed by atoms with Gasteiger partial charge in [0.15, 0.2) is 0 Å². The summed E-state index contributed by atoms with van der Waals surface area (Å²) in [6.07, 6.45) is 1.67. The molecule has 0 aromatic heterocycles. The van der Waals surface area contributed by atoms with Crippen LogP contribution in [-0.2, 0) is 30.4 Å². The van der Waals surface area contributed by atoms with E-state index >= 15 is 0 Å². The van der Waals surface area contributed by atoms with E-state index in [0.717, 1.165) is 6.42 Å². The van der Waals surface area contributed by atoms with Gasteiger partial charge in [0.1, 0.15) is 23.9 Å². The van der Waals surface area contributed by atoms with E-state index in [-0.39, 0.29) is 30.9 Å². The van der Waals surface area contributed by atoms with Crippen molar-refractivity contribution in [1.82, 2.24) is 21.3 Å². The maximum atomic E-state index is 13.2. The number of aromatic hydroxyl groups is 1. The molecule has 1 aliphatic heterocycles. The molecule has 12 nitrogen and oxygen atoms in total. The Morgan fingerprint density at radius 3 is 2.24 bits per heavy atom. The van der Waals surface area contributed by atoms with Crippen molar-refractivity contribution in [2.45, 2.75) is 76.5 Å². The SMILES string of the molecule is CC[C@H](C)[C@H](NC(=O)[C@@H](Cc1ccc(O)cc1)NC(=O)[C@H](CCC(N)=O)NC(=O)[C@@H]1CCCN1)C(=O)O. The molecule has 1 heterocycles. The number of carbonyl (C=O) groups is 5. The number of carbonyl (C=O) groups excluding carboxylic acids is 4. The number of phenols is 1. The summed E-state index contributed by atoms with van der Waals surface area (Å²) in [5.41, 5.74) is 5.85. The van der Waals surface area contributed by atoms with Crippen LogP contribution < -0.4 is 27.0 Å². The number of aliphatic carboxylic acids is 1. The molecule has 12 heteroatoms. The van der Waals surface area contributed by atoms with E-state index in [9.17, 15) is 34.2 Å². The molecule has 0 unspecified atom stereocenters. The monoisotopic (exact) mass is 519 g/mol. The molecule has 1 fully saturated rings. The Labute approximate surface area is 215 Å². The van der Waals surface area contributed by atoms with E-state index in [1.54, 1.807) is 26.0 Å². The number of primary amides is 1. The first-order valence-corrected chi connectivity index (χ1v) is 12.4. The summed E-state index contributed by atoms with van der Waals surface area (Å²) in [7, 11) is 0. The number of amides is 4. The van der Waals surface area contributed by atoms with Crippen LogP contribution in [0.3, 0.4) is 0 Å². The molecule has 5 atom stereocenters. The lowest BCUT2D eigenvalue weighted by Crippen LogP contribution is -2.58. The van der Waals surface area contributed by atoms with E-state index in [4.69, 9.17) is 5.73 Å². The summed E-state index contributed by atoms with van der Waals surface area (Å²) >= 11 is 0. The lowest BCUT2D eigenvalue weighted by atomic mass is 9.98. The molecule has 8 N–H and O–H groups in total. The standard InChI is InChI=1S/C25H37N5O7/c1-3-14(2)21(25(36)37)30-24(35)19(13-15-6-8-16(31)9-7-15)29-23(34)18(10-11-20(26)32)28-22(33)17-5-4-12-27-17/h6-9,14,17-19,21,27,31H,3-5,10-13H2,1-2H3,(H2,26,32)(H,28,33)(H,29,34)(H,30,35)(H,36,37)/t14-,17-,18-,19+,21-/m0/s1. The van der Waals surface area contributed by atoms with Gasteiger partial charge in [-0.1, -0.05) is 32.4 Å². The van der Waals surface area contributed by atoms with E-state index in [1.165, 1.54) is 12.1 Å². The van der Waals surface area contributed by atoms with Gasteiger partial charge in [0.25, 0.3) is 0 Å². The average molecular weight is 520 g/mol. The number of nitrogens with two attached hydrogens (primary N) is 1. The Bertz CT molecular complexity index is 963. The maximum Gasteiger partial charge on any atom is 0.326 e. The van der Waals surface area contributed by atoms with Crippen LogP contribution in [0.4, 0.5) is 0 Å². The third-order valence-corrected chi connectivity index (χ3v) is 6.48. The van der Waals surface area contributed by atoms with Crippen molar-refractivity contribution in [3.63, 3.8) is 0 Å². The average Bonchev–Trinajstić information content (AvgIpc) is 3.40. The third-order valence-electron chi connectivity index (χ3n) is 6.48. The molecule has 0 bridgehead atoms. The van der Waals surface area contributed by atoms with Crippen molar-refractivity contribution in [1.29, 1.82) is 0 Å². The second-order valence-electron chi connectivity index (χ2n) is 9.36. The summed E-state index contributed by atoms with van der Waals surface area (Å²) in [5.74, 6) is -4.02. The predicted molar refractivity (Wildman–Crippen MR) is 134 cm³/mol. The Balaban J connectivity index is 2.24.